The molecule has 0 aromatic carbocycles. The molecule has 1 aromatic rings. The van der Waals surface area contributed by atoms with Gasteiger partial charge in [0, 0.05) is 12.1 Å². The quantitative estimate of drug-likeness (QED) is 0.742. The van der Waals surface area contributed by atoms with Crippen LogP contribution in [-0.2, 0) is 5.88 Å². The lowest BCUT2D eigenvalue weighted by Gasteiger charge is -2.07. The minimum atomic E-state index is -2.78. The second kappa shape index (κ2) is 3.87. The summed E-state index contributed by atoms with van der Waals surface area (Å²) in [5.74, 6) is -0.0740. The number of pyridine rings is 1. The van der Waals surface area contributed by atoms with Crippen LogP contribution in [0.15, 0.2) is 11.0 Å². The number of aromatic nitrogens is 1. The Bertz CT molecular complexity index is 362. The molecular weight excluding hydrogens is 200 g/mol. The largest absolute Gasteiger partial charge is 0.328 e. The smallest absolute Gasteiger partial charge is 0.269 e. The first-order valence-electron chi connectivity index (χ1n) is 3.63. The Labute approximate surface area is 78.5 Å². The van der Waals surface area contributed by atoms with Gasteiger partial charge in [-0.1, -0.05) is 0 Å². The maximum absolute atomic E-state index is 12.4. The molecule has 1 aromatic heterocycles. The van der Waals surface area contributed by atoms with E-state index >= 15 is 0 Å². The molecule has 0 radical (unpaired) electrons. The Morgan fingerprint density at radius 3 is 2.62 bits per heavy atom. The van der Waals surface area contributed by atoms with Crippen molar-refractivity contribution in [3.05, 3.63) is 33.2 Å². The number of alkyl halides is 3. The molecule has 0 saturated carbocycles. The molecule has 0 atom stereocenters. The molecule has 0 unspecified atom stereocenters. The fourth-order valence-electron chi connectivity index (χ4n) is 1.10. The lowest BCUT2D eigenvalue weighted by molar-refractivity contribution is 0.148. The SMILES string of the molecule is Cc1c[nH]c(=O)c(C(F)F)c1CCl. The third kappa shape index (κ3) is 1.88. The highest BCUT2D eigenvalue weighted by Crippen LogP contribution is 2.22. The van der Waals surface area contributed by atoms with Crippen molar-refractivity contribution in [1.29, 1.82) is 0 Å². The third-order valence-corrected chi connectivity index (χ3v) is 2.08. The standard InChI is InChI=1S/C8H8ClF2NO/c1-4-3-12-8(13)6(7(10)11)5(4)2-9/h3,7H,2H2,1H3,(H,12,13). The molecule has 2 nitrogen and oxygen atoms in total. The highest BCUT2D eigenvalue weighted by atomic mass is 35.5. The van der Waals surface area contributed by atoms with Gasteiger partial charge in [-0.05, 0) is 18.1 Å². The van der Waals surface area contributed by atoms with E-state index < -0.39 is 17.5 Å². The van der Waals surface area contributed by atoms with Crippen LogP contribution in [-0.4, -0.2) is 4.98 Å². The molecule has 0 aliphatic heterocycles. The summed E-state index contributed by atoms with van der Waals surface area (Å²) in [6, 6.07) is 0. The fraction of sp³-hybridized carbons (Fsp3) is 0.375. The van der Waals surface area contributed by atoms with E-state index in [9.17, 15) is 13.6 Å². The summed E-state index contributed by atoms with van der Waals surface area (Å²) < 4.78 is 24.8. The van der Waals surface area contributed by atoms with Gasteiger partial charge in [0.1, 0.15) is 0 Å². The van der Waals surface area contributed by atoms with Gasteiger partial charge in [-0.15, -0.1) is 11.6 Å². The minimum Gasteiger partial charge on any atom is -0.328 e. The van der Waals surface area contributed by atoms with E-state index in [-0.39, 0.29) is 11.4 Å². The lowest BCUT2D eigenvalue weighted by atomic mass is 10.1. The van der Waals surface area contributed by atoms with Crippen LogP contribution in [0.3, 0.4) is 0 Å². The van der Waals surface area contributed by atoms with Gasteiger partial charge in [-0.25, -0.2) is 8.78 Å². The lowest BCUT2D eigenvalue weighted by Crippen LogP contribution is -2.16. The van der Waals surface area contributed by atoms with Crippen LogP contribution in [0.5, 0.6) is 0 Å². The molecule has 0 spiro atoms. The average Bonchev–Trinajstić information content (AvgIpc) is 2.07. The van der Waals surface area contributed by atoms with Gasteiger partial charge in [0.2, 0.25) is 0 Å². The predicted octanol–water partition coefficient (Wildman–Crippen LogP) is 2.36. The van der Waals surface area contributed by atoms with Gasteiger partial charge >= 0.3 is 0 Å². The van der Waals surface area contributed by atoms with E-state index in [1.165, 1.54) is 6.20 Å². The van der Waals surface area contributed by atoms with E-state index in [2.05, 4.69) is 4.98 Å². The van der Waals surface area contributed by atoms with Crippen molar-refractivity contribution >= 4 is 11.6 Å². The number of hydrogen-bond acceptors (Lipinski definition) is 1. The zero-order chi connectivity index (χ0) is 10.0. The van der Waals surface area contributed by atoms with Gasteiger partial charge < -0.3 is 4.98 Å². The van der Waals surface area contributed by atoms with Gasteiger partial charge in [0.05, 0.1) is 5.56 Å². The summed E-state index contributed by atoms with van der Waals surface area (Å²) in [6.45, 7) is 1.62. The van der Waals surface area contributed by atoms with Crippen LogP contribution >= 0.6 is 11.6 Å². The molecule has 0 aliphatic rings. The second-order valence-electron chi connectivity index (χ2n) is 2.63. The second-order valence-corrected chi connectivity index (χ2v) is 2.89. The third-order valence-electron chi connectivity index (χ3n) is 1.82. The Morgan fingerprint density at radius 2 is 2.23 bits per heavy atom. The Morgan fingerprint density at radius 1 is 1.62 bits per heavy atom. The van der Waals surface area contributed by atoms with Crippen LogP contribution in [0, 0.1) is 6.92 Å². The zero-order valence-electron chi connectivity index (χ0n) is 6.90. The molecule has 72 valence electrons. The van der Waals surface area contributed by atoms with Crippen LogP contribution in [0.2, 0.25) is 0 Å². The topological polar surface area (TPSA) is 32.9 Å². The first-order chi connectivity index (χ1) is 6.07. The zero-order valence-corrected chi connectivity index (χ0v) is 7.66. The summed E-state index contributed by atoms with van der Waals surface area (Å²) in [5, 5.41) is 0. The number of nitrogens with one attached hydrogen (secondary N) is 1. The molecule has 0 bridgehead atoms. The van der Waals surface area contributed by atoms with Crippen molar-refractivity contribution in [3.63, 3.8) is 0 Å². The van der Waals surface area contributed by atoms with Crippen LogP contribution in [0.1, 0.15) is 23.1 Å². The Balaban J connectivity index is 3.44. The van der Waals surface area contributed by atoms with Crippen LogP contribution < -0.4 is 5.56 Å². The van der Waals surface area contributed by atoms with Crippen molar-refractivity contribution in [2.24, 2.45) is 0 Å². The number of H-pyrrole nitrogens is 1. The average molecular weight is 208 g/mol. The van der Waals surface area contributed by atoms with Crippen molar-refractivity contribution < 1.29 is 8.78 Å². The van der Waals surface area contributed by atoms with Gasteiger partial charge in [-0.2, -0.15) is 0 Å². The highest BCUT2D eigenvalue weighted by molar-refractivity contribution is 6.17. The summed E-state index contributed by atoms with van der Waals surface area (Å²) in [6.07, 6.45) is -1.40. The highest BCUT2D eigenvalue weighted by Gasteiger charge is 2.18. The molecule has 0 aliphatic carbocycles. The normalized spacial score (nSPS) is 10.8. The van der Waals surface area contributed by atoms with E-state index in [1.807, 2.05) is 0 Å². The van der Waals surface area contributed by atoms with Crippen LogP contribution in [0.4, 0.5) is 8.78 Å². The van der Waals surface area contributed by atoms with E-state index in [0.717, 1.165) is 0 Å². The first kappa shape index (κ1) is 10.2. The molecule has 0 saturated heterocycles. The van der Waals surface area contributed by atoms with Crippen molar-refractivity contribution in [3.8, 4) is 0 Å². The maximum atomic E-state index is 12.4. The molecule has 1 rings (SSSR count). The Kier molecular flexibility index (Phi) is 3.03. The molecule has 5 heteroatoms. The molecule has 0 amide bonds. The molecule has 13 heavy (non-hydrogen) atoms. The molecule has 1 heterocycles. The van der Waals surface area contributed by atoms with E-state index in [1.54, 1.807) is 6.92 Å². The number of halogens is 3. The molecule has 1 N–H and O–H groups in total. The van der Waals surface area contributed by atoms with Crippen molar-refractivity contribution in [1.82, 2.24) is 4.98 Å². The number of aromatic amines is 1. The van der Waals surface area contributed by atoms with E-state index in [0.29, 0.717) is 5.56 Å². The van der Waals surface area contributed by atoms with Gasteiger partial charge in [-0.3, -0.25) is 4.79 Å². The van der Waals surface area contributed by atoms with Gasteiger partial charge in [0.25, 0.3) is 12.0 Å². The summed E-state index contributed by atoms with van der Waals surface area (Å²) in [7, 11) is 0. The Hall–Kier alpha value is -0.900. The van der Waals surface area contributed by atoms with Crippen molar-refractivity contribution in [2.75, 3.05) is 0 Å². The van der Waals surface area contributed by atoms with Crippen molar-refractivity contribution in [2.45, 2.75) is 19.2 Å². The first-order valence-corrected chi connectivity index (χ1v) is 4.16. The van der Waals surface area contributed by atoms with Gasteiger partial charge in [0.15, 0.2) is 0 Å². The predicted molar refractivity (Wildman–Crippen MR) is 46.3 cm³/mol. The minimum absolute atomic E-state index is 0.0740. The monoisotopic (exact) mass is 207 g/mol. The van der Waals surface area contributed by atoms with E-state index in [4.69, 9.17) is 11.6 Å². The summed E-state index contributed by atoms with van der Waals surface area (Å²) in [4.78, 5) is 13.2. The molecular formula is C8H8ClF2NO. The summed E-state index contributed by atoms with van der Waals surface area (Å²) in [5.41, 5.74) is -0.489. The maximum Gasteiger partial charge on any atom is 0.269 e. The number of rotatable bonds is 2. The number of aryl methyl sites for hydroxylation is 1. The molecule has 0 fully saturated rings. The van der Waals surface area contributed by atoms with Crippen LogP contribution in [0.25, 0.3) is 0 Å². The summed E-state index contributed by atoms with van der Waals surface area (Å²) >= 11 is 5.47. The number of hydrogen-bond donors (Lipinski definition) is 1. The fourth-order valence-corrected chi connectivity index (χ4v) is 1.45.